The van der Waals surface area contributed by atoms with Crippen LogP contribution in [0.5, 0.6) is 0 Å². The molecule has 0 aromatic rings. The van der Waals surface area contributed by atoms with Crippen LogP contribution in [-0.4, -0.2) is 12.6 Å². The molecule has 0 amide bonds. The van der Waals surface area contributed by atoms with Gasteiger partial charge in [-0.25, -0.2) is 4.79 Å². The second kappa shape index (κ2) is 3.95. The first kappa shape index (κ1) is 8.79. The number of rotatable bonds is 1. The molecule has 0 aromatic heterocycles. The Hall–Kier alpha value is -0.790. The summed E-state index contributed by atoms with van der Waals surface area (Å²) in [7, 11) is 0. The Morgan fingerprint density at radius 2 is 2.00 bits per heavy atom. The summed E-state index contributed by atoms with van der Waals surface area (Å²) < 4.78 is 4.90. The lowest BCUT2D eigenvalue weighted by Crippen LogP contribution is -2.05. The number of cyclic esters (lactones) is 1. The zero-order chi connectivity index (χ0) is 9.10. The first-order chi connectivity index (χ1) is 6.36. The number of ether oxygens (including phenoxy) is 1. The van der Waals surface area contributed by atoms with Gasteiger partial charge in [0.2, 0.25) is 0 Å². The summed E-state index contributed by atoms with van der Waals surface area (Å²) in [5, 5.41) is 0. The first-order valence-electron chi connectivity index (χ1n) is 5.24. The molecule has 1 saturated carbocycles. The summed E-state index contributed by atoms with van der Waals surface area (Å²) in [5.74, 6) is 0.569. The Labute approximate surface area is 79.0 Å². The van der Waals surface area contributed by atoms with E-state index in [1.807, 2.05) is 0 Å². The van der Waals surface area contributed by atoms with Gasteiger partial charge >= 0.3 is 5.97 Å². The number of hydrogen-bond acceptors (Lipinski definition) is 2. The lowest BCUT2D eigenvalue weighted by Gasteiger charge is -2.18. The van der Waals surface area contributed by atoms with Gasteiger partial charge in [-0.2, -0.15) is 0 Å². The maximum absolute atomic E-state index is 11.2. The molecule has 13 heavy (non-hydrogen) atoms. The van der Waals surface area contributed by atoms with Crippen LogP contribution in [0.15, 0.2) is 11.6 Å². The second-order valence-electron chi connectivity index (χ2n) is 3.98. The minimum atomic E-state index is -0.0782. The van der Waals surface area contributed by atoms with E-state index < -0.39 is 0 Å². The van der Waals surface area contributed by atoms with Gasteiger partial charge < -0.3 is 4.74 Å². The smallest absolute Gasteiger partial charge is 0.333 e. The number of esters is 1. The lowest BCUT2D eigenvalue weighted by atomic mass is 9.88. The van der Waals surface area contributed by atoms with E-state index in [-0.39, 0.29) is 5.97 Å². The molecule has 0 N–H and O–H groups in total. The highest BCUT2D eigenvalue weighted by molar-refractivity contribution is 5.90. The van der Waals surface area contributed by atoms with Gasteiger partial charge in [-0.3, -0.25) is 0 Å². The van der Waals surface area contributed by atoms with E-state index in [0.29, 0.717) is 12.5 Å². The molecule has 2 rings (SSSR count). The Morgan fingerprint density at radius 1 is 1.23 bits per heavy atom. The molecule has 1 aliphatic heterocycles. The fraction of sp³-hybridized carbons (Fsp3) is 0.727. The second-order valence-corrected chi connectivity index (χ2v) is 3.98. The van der Waals surface area contributed by atoms with Gasteiger partial charge in [0, 0.05) is 12.0 Å². The topological polar surface area (TPSA) is 26.3 Å². The van der Waals surface area contributed by atoms with Crippen molar-refractivity contribution in [1.29, 1.82) is 0 Å². The molecule has 2 heteroatoms. The third kappa shape index (κ3) is 2.11. The van der Waals surface area contributed by atoms with E-state index in [4.69, 9.17) is 4.74 Å². The molecule has 2 aliphatic rings. The van der Waals surface area contributed by atoms with Crippen molar-refractivity contribution >= 4 is 5.97 Å². The van der Waals surface area contributed by atoms with Gasteiger partial charge in [0.1, 0.15) is 0 Å². The molecular weight excluding hydrogens is 164 g/mol. The average molecular weight is 180 g/mol. The monoisotopic (exact) mass is 180 g/mol. The predicted molar refractivity (Wildman–Crippen MR) is 50.2 cm³/mol. The molecule has 1 aliphatic carbocycles. The van der Waals surface area contributed by atoms with Crippen molar-refractivity contribution in [3.8, 4) is 0 Å². The quantitative estimate of drug-likeness (QED) is 0.457. The largest absolute Gasteiger partial charge is 0.462 e. The predicted octanol–water partition coefficient (Wildman–Crippen LogP) is 2.44. The van der Waals surface area contributed by atoms with Crippen LogP contribution in [0.3, 0.4) is 0 Å². The minimum Gasteiger partial charge on any atom is -0.462 e. The van der Waals surface area contributed by atoms with Gasteiger partial charge in [0.25, 0.3) is 0 Å². The van der Waals surface area contributed by atoms with Crippen molar-refractivity contribution in [2.24, 2.45) is 5.92 Å². The van der Waals surface area contributed by atoms with Crippen LogP contribution in [-0.2, 0) is 9.53 Å². The number of hydrogen-bond donors (Lipinski definition) is 0. The van der Waals surface area contributed by atoms with Crippen LogP contribution < -0.4 is 0 Å². The van der Waals surface area contributed by atoms with Crippen LogP contribution in [0.2, 0.25) is 0 Å². The van der Waals surface area contributed by atoms with Crippen molar-refractivity contribution in [2.75, 3.05) is 6.61 Å². The van der Waals surface area contributed by atoms with E-state index in [9.17, 15) is 4.79 Å². The Bertz CT molecular complexity index is 224. The molecule has 1 heterocycles. The van der Waals surface area contributed by atoms with Gasteiger partial charge in [0.15, 0.2) is 0 Å². The summed E-state index contributed by atoms with van der Waals surface area (Å²) in [4.78, 5) is 11.2. The lowest BCUT2D eigenvalue weighted by molar-refractivity contribution is -0.135. The molecule has 0 bridgehead atoms. The molecule has 0 atom stereocenters. The summed E-state index contributed by atoms with van der Waals surface area (Å²) in [6, 6.07) is 0. The van der Waals surface area contributed by atoms with E-state index >= 15 is 0 Å². The van der Waals surface area contributed by atoms with E-state index in [1.54, 1.807) is 0 Å². The maximum Gasteiger partial charge on any atom is 0.333 e. The molecule has 1 saturated heterocycles. The molecular formula is C11H16O2. The van der Waals surface area contributed by atoms with Crippen molar-refractivity contribution in [1.82, 2.24) is 0 Å². The zero-order valence-electron chi connectivity index (χ0n) is 7.92. The third-order valence-corrected chi connectivity index (χ3v) is 2.95. The summed E-state index contributed by atoms with van der Waals surface area (Å²) >= 11 is 0. The van der Waals surface area contributed by atoms with E-state index in [0.717, 1.165) is 12.0 Å². The molecule has 0 unspecified atom stereocenters. The summed E-state index contributed by atoms with van der Waals surface area (Å²) in [5.41, 5.74) is 0.923. The SMILES string of the molecule is O=C1OCC/C1=C/C1CCCCC1. The van der Waals surface area contributed by atoms with Gasteiger partial charge in [-0.05, 0) is 18.8 Å². The van der Waals surface area contributed by atoms with E-state index in [2.05, 4.69) is 6.08 Å². The van der Waals surface area contributed by atoms with Crippen molar-refractivity contribution < 1.29 is 9.53 Å². The normalized spacial score (nSPS) is 28.0. The van der Waals surface area contributed by atoms with Gasteiger partial charge in [0.05, 0.1) is 6.61 Å². The summed E-state index contributed by atoms with van der Waals surface area (Å²) in [6.45, 7) is 0.595. The zero-order valence-corrected chi connectivity index (χ0v) is 7.92. The van der Waals surface area contributed by atoms with Crippen molar-refractivity contribution in [2.45, 2.75) is 38.5 Å². The molecule has 72 valence electrons. The van der Waals surface area contributed by atoms with E-state index in [1.165, 1.54) is 32.1 Å². The molecule has 2 fully saturated rings. The molecule has 0 aromatic carbocycles. The number of carbonyl (C=O) groups excluding carboxylic acids is 1. The number of allylic oxidation sites excluding steroid dienone is 1. The average Bonchev–Trinajstić information content (AvgIpc) is 2.54. The Balaban J connectivity index is 1.96. The fourth-order valence-corrected chi connectivity index (χ4v) is 2.19. The van der Waals surface area contributed by atoms with Crippen LogP contribution >= 0.6 is 0 Å². The first-order valence-corrected chi connectivity index (χ1v) is 5.24. The molecule has 0 spiro atoms. The third-order valence-electron chi connectivity index (χ3n) is 2.95. The molecule has 2 nitrogen and oxygen atoms in total. The van der Waals surface area contributed by atoms with Crippen LogP contribution in [0, 0.1) is 5.92 Å². The van der Waals surface area contributed by atoms with Crippen molar-refractivity contribution in [3.63, 3.8) is 0 Å². The van der Waals surface area contributed by atoms with Crippen LogP contribution in [0.1, 0.15) is 38.5 Å². The molecule has 0 radical (unpaired) electrons. The Morgan fingerprint density at radius 3 is 2.62 bits per heavy atom. The summed E-state index contributed by atoms with van der Waals surface area (Å²) in [6.07, 6.45) is 9.52. The fourth-order valence-electron chi connectivity index (χ4n) is 2.19. The van der Waals surface area contributed by atoms with Gasteiger partial charge in [-0.15, -0.1) is 0 Å². The standard InChI is InChI=1S/C11H16O2/c12-11-10(6-7-13-11)8-9-4-2-1-3-5-9/h8-9H,1-7H2/b10-8-. The van der Waals surface area contributed by atoms with Crippen LogP contribution in [0.25, 0.3) is 0 Å². The minimum absolute atomic E-state index is 0.0782. The highest BCUT2D eigenvalue weighted by Crippen LogP contribution is 2.27. The van der Waals surface area contributed by atoms with Crippen molar-refractivity contribution in [3.05, 3.63) is 11.6 Å². The highest BCUT2D eigenvalue weighted by Gasteiger charge is 2.20. The maximum atomic E-state index is 11.2. The van der Waals surface area contributed by atoms with Crippen LogP contribution in [0.4, 0.5) is 0 Å². The Kier molecular flexibility index (Phi) is 2.67. The number of carbonyl (C=O) groups is 1. The highest BCUT2D eigenvalue weighted by atomic mass is 16.5. The van der Waals surface area contributed by atoms with Gasteiger partial charge in [-0.1, -0.05) is 25.3 Å².